The lowest BCUT2D eigenvalue weighted by molar-refractivity contribution is -0.126. The summed E-state index contributed by atoms with van der Waals surface area (Å²) in [6, 6.07) is 20.8. The van der Waals surface area contributed by atoms with Crippen LogP contribution >= 0.6 is 0 Å². The van der Waals surface area contributed by atoms with Crippen molar-refractivity contribution in [2.75, 3.05) is 14.1 Å². The summed E-state index contributed by atoms with van der Waals surface area (Å²) < 4.78 is 0. The monoisotopic (exact) mass is 323 g/mol. The Morgan fingerprint density at radius 2 is 1.29 bits per heavy atom. The first-order valence-corrected chi connectivity index (χ1v) is 8.71. The van der Waals surface area contributed by atoms with Crippen molar-refractivity contribution in [2.45, 2.75) is 38.6 Å². The number of benzene rings is 2. The second kappa shape index (κ2) is 7.76. The summed E-state index contributed by atoms with van der Waals surface area (Å²) in [7, 11) is 4.15. The third-order valence-electron chi connectivity index (χ3n) is 4.96. The Kier molecular flexibility index (Phi) is 5.95. The first kappa shape index (κ1) is 18.4. The molecule has 0 fully saturated rings. The Bertz CT molecular complexity index is 607. The Labute approximate surface area is 146 Å². The third kappa shape index (κ3) is 3.59. The van der Waals surface area contributed by atoms with Crippen LogP contribution < -0.4 is 0 Å². The highest BCUT2D eigenvalue weighted by molar-refractivity contribution is 5.95. The second-order valence-corrected chi connectivity index (χ2v) is 7.17. The van der Waals surface area contributed by atoms with Crippen molar-refractivity contribution in [3.8, 4) is 0 Å². The highest BCUT2D eigenvalue weighted by Crippen LogP contribution is 2.40. The number of carbonyl (C=O) groups excluding carboxylic acids is 1. The summed E-state index contributed by atoms with van der Waals surface area (Å²) >= 11 is 0. The van der Waals surface area contributed by atoms with E-state index in [-0.39, 0.29) is 17.7 Å². The van der Waals surface area contributed by atoms with Crippen molar-refractivity contribution < 1.29 is 4.79 Å². The van der Waals surface area contributed by atoms with Crippen LogP contribution in [0.4, 0.5) is 0 Å². The van der Waals surface area contributed by atoms with Gasteiger partial charge in [-0.15, -0.1) is 0 Å². The van der Waals surface area contributed by atoms with Crippen LogP contribution in [-0.4, -0.2) is 30.8 Å². The molecule has 0 heterocycles. The molecule has 0 radical (unpaired) electrons. The summed E-state index contributed by atoms with van der Waals surface area (Å²) in [4.78, 5) is 15.7. The molecule has 0 aliphatic carbocycles. The quantitative estimate of drug-likeness (QED) is 0.745. The standard InChI is InChI=1S/C22H29NO/c1-17(2)21(24)22(16-18(3)23(4)5,19-12-8-6-9-13-19)20-14-10-7-11-15-20/h6-15,17-18H,16H2,1-5H3. The van der Waals surface area contributed by atoms with Crippen molar-refractivity contribution >= 4 is 5.78 Å². The molecule has 1 atom stereocenters. The van der Waals surface area contributed by atoms with Crippen molar-refractivity contribution in [3.05, 3.63) is 71.8 Å². The van der Waals surface area contributed by atoms with E-state index < -0.39 is 5.41 Å². The fourth-order valence-electron chi connectivity index (χ4n) is 3.35. The van der Waals surface area contributed by atoms with Gasteiger partial charge in [-0.2, -0.15) is 0 Å². The van der Waals surface area contributed by atoms with Gasteiger partial charge >= 0.3 is 0 Å². The predicted octanol–water partition coefficient (Wildman–Crippen LogP) is 4.54. The van der Waals surface area contributed by atoms with Crippen LogP contribution in [-0.2, 0) is 10.2 Å². The largest absolute Gasteiger partial charge is 0.307 e. The molecule has 0 amide bonds. The number of carbonyl (C=O) groups is 1. The summed E-state index contributed by atoms with van der Waals surface area (Å²) in [5.41, 5.74) is 1.56. The minimum Gasteiger partial charge on any atom is -0.307 e. The zero-order valence-corrected chi connectivity index (χ0v) is 15.5. The first-order chi connectivity index (χ1) is 11.4. The first-order valence-electron chi connectivity index (χ1n) is 8.71. The summed E-state index contributed by atoms with van der Waals surface area (Å²) in [6.45, 7) is 6.20. The van der Waals surface area contributed by atoms with E-state index in [4.69, 9.17) is 0 Å². The van der Waals surface area contributed by atoms with Gasteiger partial charge < -0.3 is 4.90 Å². The highest BCUT2D eigenvalue weighted by atomic mass is 16.1. The molecule has 2 aromatic carbocycles. The van der Waals surface area contributed by atoms with Crippen LogP contribution in [0.5, 0.6) is 0 Å². The number of Topliss-reactive ketones (excluding diaryl/α,β-unsaturated/α-hetero) is 1. The molecule has 0 N–H and O–H groups in total. The SMILES string of the molecule is CC(C)C(=O)C(CC(C)N(C)C)(c1ccccc1)c1ccccc1. The van der Waals surface area contributed by atoms with Gasteiger partial charge in [0.2, 0.25) is 0 Å². The number of rotatable bonds is 7. The Morgan fingerprint density at radius 1 is 0.875 bits per heavy atom. The number of hydrogen-bond donors (Lipinski definition) is 0. The lowest BCUT2D eigenvalue weighted by Gasteiger charge is -2.38. The topological polar surface area (TPSA) is 20.3 Å². The Hall–Kier alpha value is -1.93. The molecule has 2 heteroatoms. The van der Waals surface area contributed by atoms with Gasteiger partial charge in [0.25, 0.3) is 0 Å². The van der Waals surface area contributed by atoms with Crippen LogP contribution in [0.15, 0.2) is 60.7 Å². The maximum Gasteiger partial charge on any atom is 0.150 e. The average Bonchev–Trinajstić information content (AvgIpc) is 2.60. The Balaban J connectivity index is 2.71. The van der Waals surface area contributed by atoms with Gasteiger partial charge in [0.1, 0.15) is 5.78 Å². The van der Waals surface area contributed by atoms with Crippen molar-refractivity contribution in [3.63, 3.8) is 0 Å². The number of nitrogens with zero attached hydrogens (tertiary/aromatic N) is 1. The summed E-state index contributed by atoms with van der Waals surface area (Å²) in [5.74, 6) is 0.258. The number of ketones is 1. The lowest BCUT2D eigenvalue weighted by atomic mass is 9.65. The summed E-state index contributed by atoms with van der Waals surface area (Å²) in [6.07, 6.45) is 0.769. The molecule has 0 aliphatic heterocycles. The van der Waals surface area contributed by atoms with E-state index in [0.29, 0.717) is 0 Å². The van der Waals surface area contributed by atoms with Crippen molar-refractivity contribution in [2.24, 2.45) is 5.92 Å². The Morgan fingerprint density at radius 3 is 1.62 bits per heavy atom. The molecule has 0 saturated heterocycles. The normalized spacial score (nSPS) is 13.3. The molecule has 2 aromatic rings. The molecule has 0 aliphatic rings. The maximum atomic E-state index is 13.5. The molecule has 0 aromatic heterocycles. The summed E-state index contributed by atoms with van der Waals surface area (Å²) in [5, 5.41) is 0. The minimum absolute atomic E-state index is 0.0280. The zero-order valence-electron chi connectivity index (χ0n) is 15.5. The van der Waals surface area contributed by atoms with E-state index in [1.807, 2.05) is 50.2 Å². The number of hydrogen-bond acceptors (Lipinski definition) is 2. The van der Waals surface area contributed by atoms with E-state index in [1.165, 1.54) is 0 Å². The molecule has 2 nitrogen and oxygen atoms in total. The molecule has 0 spiro atoms. The molecular formula is C22H29NO. The van der Waals surface area contributed by atoms with Gasteiger partial charge in [-0.05, 0) is 38.6 Å². The van der Waals surface area contributed by atoms with Crippen LogP contribution in [0.1, 0.15) is 38.3 Å². The average molecular weight is 323 g/mol. The molecule has 2 rings (SSSR count). The molecule has 24 heavy (non-hydrogen) atoms. The van der Waals surface area contributed by atoms with Crippen molar-refractivity contribution in [1.29, 1.82) is 0 Å². The van der Waals surface area contributed by atoms with Crippen LogP contribution in [0.25, 0.3) is 0 Å². The van der Waals surface area contributed by atoms with E-state index in [9.17, 15) is 4.79 Å². The van der Waals surface area contributed by atoms with Crippen molar-refractivity contribution in [1.82, 2.24) is 4.90 Å². The van der Waals surface area contributed by atoms with Gasteiger partial charge in [-0.25, -0.2) is 0 Å². The maximum absolute atomic E-state index is 13.5. The van der Waals surface area contributed by atoms with E-state index >= 15 is 0 Å². The minimum atomic E-state index is -0.611. The predicted molar refractivity (Wildman–Crippen MR) is 101 cm³/mol. The smallest absolute Gasteiger partial charge is 0.150 e. The lowest BCUT2D eigenvalue weighted by Crippen LogP contribution is -2.45. The van der Waals surface area contributed by atoms with E-state index in [0.717, 1.165) is 17.5 Å². The molecule has 1 unspecified atom stereocenters. The molecular weight excluding hydrogens is 294 g/mol. The highest BCUT2D eigenvalue weighted by Gasteiger charge is 2.43. The van der Waals surface area contributed by atoms with Crippen LogP contribution in [0.2, 0.25) is 0 Å². The van der Waals surface area contributed by atoms with E-state index in [1.54, 1.807) is 0 Å². The second-order valence-electron chi connectivity index (χ2n) is 7.17. The molecule has 128 valence electrons. The third-order valence-corrected chi connectivity index (χ3v) is 4.96. The van der Waals surface area contributed by atoms with Gasteiger partial charge in [0, 0.05) is 12.0 Å². The van der Waals surface area contributed by atoms with Gasteiger partial charge in [0.15, 0.2) is 0 Å². The van der Waals surface area contributed by atoms with Crippen LogP contribution in [0, 0.1) is 5.92 Å². The zero-order chi connectivity index (χ0) is 17.7. The molecule has 0 bridgehead atoms. The van der Waals surface area contributed by atoms with E-state index in [2.05, 4.69) is 50.2 Å². The van der Waals surface area contributed by atoms with Gasteiger partial charge in [-0.1, -0.05) is 74.5 Å². The van der Waals surface area contributed by atoms with Crippen LogP contribution in [0.3, 0.4) is 0 Å². The van der Waals surface area contributed by atoms with Gasteiger partial charge in [0.05, 0.1) is 5.41 Å². The fourth-order valence-corrected chi connectivity index (χ4v) is 3.35. The fraction of sp³-hybridized carbons (Fsp3) is 0.409. The molecule has 0 saturated carbocycles. The van der Waals surface area contributed by atoms with Gasteiger partial charge in [-0.3, -0.25) is 4.79 Å².